The van der Waals surface area contributed by atoms with Crippen LogP contribution in [0.25, 0.3) is 0 Å². The normalized spacial score (nSPS) is 9.55. The van der Waals surface area contributed by atoms with Crippen molar-refractivity contribution >= 4 is 12.3 Å². The summed E-state index contributed by atoms with van der Waals surface area (Å²) in [6, 6.07) is 3.48. The monoisotopic (exact) mass is 152 g/mol. The Balaban J connectivity index is 2.63. The highest BCUT2D eigenvalue weighted by molar-refractivity contribution is 5.72. The summed E-state index contributed by atoms with van der Waals surface area (Å²) in [6.45, 7) is 2.64. The van der Waals surface area contributed by atoms with Crippen LogP contribution in [-0.2, 0) is 4.79 Å². The molecule has 1 aromatic rings. The molecule has 1 amide bonds. The molecule has 0 saturated carbocycles. The quantitative estimate of drug-likeness (QED) is 0.613. The molecule has 0 atom stereocenters. The minimum Gasteiger partial charge on any atom is -0.448 e. The second-order valence-corrected chi connectivity index (χ2v) is 2.19. The number of hydrogen-bond donors (Lipinski definition) is 0. The van der Waals surface area contributed by atoms with Crippen LogP contribution in [0.4, 0.5) is 5.88 Å². The van der Waals surface area contributed by atoms with Crippen LogP contribution >= 0.6 is 0 Å². The molecular weight excluding hydrogens is 142 g/mol. The van der Waals surface area contributed by atoms with Crippen molar-refractivity contribution in [1.29, 1.82) is 0 Å². The summed E-state index contributed by atoms with van der Waals surface area (Å²) in [5, 5.41) is 0. The van der Waals surface area contributed by atoms with E-state index in [1.165, 1.54) is 11.2 Å². The van der Waals surface area contributed by atoms with Crippen LogP contribution in [0.2, 0.25) is 0 Å². The molecule has 0 bridgehead atoms. The van der Waals surface area contributed by atoms with Crippen LogP contribution in [0.3, 0.4) is 0 Å². The maximum absolute atomic E-state index is 10.3. The summed E-state index contributed by atoms with van der Waals surface area (Å²) in [5.74, 6) is 0.557. The molecule has 0 spiro atoms. The predicted octanol–water partition coefficient (Wildman–Crippen LogP) is 1.56. The van der Waals surface area contributed by atoms with Gasteiger partial charge < -0.3 is 4.42 Å². The van der Waals surface area contributed by atoms with E-state index in [9.17, 15) is 4.79 Å². The Hall–Kier alpha value is -1.25. The van der Waals surface area contributed by atoms with Crippen LogP contribution in [0.1, 0.15) is 13.3 Å². The molecular formula is C8H10NO2. The molecule has 1 aromatic heterocycles. The largest absolute Gasteiger partial charge is 0.448 e. The van der Waals surface area contributed by atoms with Crippen LogP contribution in [0.5, 0.6) is 0 Å². The number of hydrogen-bond acceptors (Lipinski definition) is 2. The summed E-state index contributed by atoms with van der Waals surface area (Å²) in [4.78, 5) is 11.8. The van der Waals surface area contributed by atoms with E-state index in [-0.39, 0.29) is 0 Å². The van der Waals surface area contributed by atoms with E-state index < -0.39 is 0 Å². The molecule has 0 aromatic carbocycles. The van der Waals surface area contributed by atoms with Crippen LogP contribution < -0.4 is 4.90 Å². The van der Waals surface area contributed by atoms with Crippen LogP contribution in [-0.4, -0.2) is 13.0 Å². The van der Waals surface area contributed by atoms with E-state index in [1.54, 1.807) is 18.5 Å². The Bertz CT molecular complexity index is 206. The van der Waals surface area contributed by atoms with Crippen molar-refractivity contribution < 1.29 is 9.21 Å². The highest BCUT2D eigenvalue weighted by Gasteiger charge is 2.05. The van der Waals surface area contributed by atoms with E-state index in [0.717, 1.165) is 6.42 Å². The second kappa shape index (κ2) is 3.81. The summed E-state index contributed by atoms with van der Waals surface area (Å²) in [5.41, 5.74) is 0. The summed E-state index contributed by atoms with van der Waals surface area (Å²) >= 11 is 0. The van der Waals surface area contributed by atoms with Crippen molar-refractivity contribution in [3.05, 3.63) is 18.4 Å². The Labute approximate surface area is 65.6 Å². The average molecular weight is 152 g/mol. The van der Waals surface area contributed by atoms with E-state index in [1.807, 2.05) is 6.92 Å². The zero-order valence-electron chi connectivity index (χ0n) is 6.41. The van der Waals surface area contributed by atoms with E-state index in [4.69, 9.17) is 4.42 Å². The van der Waals surface area contributed by atoms with Gasteiger partial charge in [0, 0.05) is 12.6 Å². The molecule has 0 fully saturated rings. The van der Waals surface area contributed by atoms with Gasteiger partial charge in [0.05, 0.1) is 6.26 Å². The fourth-order valence-electron chi connectivity index (χ4n) is 0.848. The first-order chi connectivity index (χ1) is 5.38. The van der Waals surface area contributed by atoms with E-state index in [2.05, 4.69) is 0 Å². The molecule has 0 saturated heterocycles. The van der Waals surface area contributed by atoms with Gasteiger partial charge in [0.25, 0.3) is 0 Å². The Morgan fingerprint density at radius 3 is 3.00 bits per heavy atom. The van der Waals surface area contributed by atoms with Crippen molar-refractivity contribution in [3.63, 3.8) is 0 Å². The fraction of sp³-hybridized carbons (Fsp3) is 0.375. The zero-order valence-corrected chi connectivity index (χ0v) is 6.41. The van der Waals surface area contributed by atoms with Crippen molar-refractivity contribution in [2.75, 3.05) is 11.4 Å². The molecule has 11 heavy (non-hydrogen) atoms. The molecule has 0 aliphatic rings. The Morgan fingerprint density at radius 1 is 1.73 bits per heavy atom. The summed E-state index contributed by atoms with van der Waals surface area (Å²) in [6.07, 6.45) is 4.23. The van der Waals surface area contributed by atoms with Crippen LogP contribution in [0.15, 0.2) is 22.8 Å². The van der Waals surface area contributed by atoms with Crippen molar-refractivity contribution in [2.24, 2.45) is 0 Å². The van der Waals surface area contributed by atoms with Gasteiger partial charge in [-0.05, 0) is 12.5 Å². The molecule has 1 heterocycles. The highest BCUT2D eigenvalue weighted by Crippen LogP contribution is 2.12. The van der Waals surface area contributed by atoms with Gasteiger partial charge in [0.2, 0.25) is 5.88 Å². The minimum atomic E-state index is 0.557. The smallest absolute Gasteiger partial charge is 0.319 e. The molecule has 0 N–H and O–H groups in total. The second-order valence-electron chi connectivity index (χ2n) is 2.19. The molecule has 3 heteroatoms. The van der Waals surface area contributed by atoms with Gasteiger partial charge in [-0.3, -0.25) is 9.69 Å². The van der Waals surface area contributed by atoms with E-state index >= 15 is 0 Å². The number of carbonyl (C=O) groups excluding carboxylic acids is 1. The van der Waals surface area contributed by atoms with Gasteiger partial charge in [0.1, 0.15) is 0 Å². The maximum atomic E-state index is 10.3. The number of nitrogens with zero attached hydrogens (tertiary/aromatic N) is 1. The minimum absolute atomic E-state index is 0.557. The van der Waals surface area contributed by atoms with Gasteiger partial charge in [-0.25, -0.2) is 0 Å². The average Bonchev–Trinajstić information content (AvgIpc) is 2.52. The standard InChI is InChI=1S/C8H10NO2/c1-2-5-9(7-10)8-4-3-6-11-8/h3-4,6H,2,5H2,1H3. The Kier molecular flexibility index (Phi) is 2.72. The topological polar surface area (TPSA) is 33.5 Å². The van der Waals surface area contributed by atoms with Crippen LogP contribution in [0, 0.1) is 0 Å². The lowest BCUT2D eigenvalue weighted by Crippen LogP contribution is -2.20. The third kappa shape index (κ3) is 1.83. The first kappa shape index (κ1) is 7.85. The molecule has 1 radical (unpaired) electrons. The predicted molar refractivity (Wildman–Crippen MR) is 42.0 cm³/mol. The number of furan rings is 1. The molecule has 59 valence electrons. The van der Waals surface area contributed by atoms with Gasteiger partial charge in [-0.1, -0.05) is 6.92 Å². The third-order valence-corrected chi connectivity index (χ3v) is 1.33. The van der Waals surface area contributed by atoms with Gasteiger partial charge >= 0.3 is 6.41 Å². The SMILES string of the molecule is CCCN([C]=O)c1ccco1. The van der Waals surface area contributed by atoms with Crippen molar-refractivity contribution in [3.8, 4) is 0 Å². The zero-order chi connectivity index (χ0) is 8.10. The number of amides is 1. The lowest BCUT2D eigenvalue weighted by atomic mass is 10.4. The molecule has 0 aliphatic heterocycles. The van der Waals surface area contributed by atoms with Gasteiger partial charge in [0.15, 0.2) is 0 Å². The summed E-state index contributed by atoms with van der Waals surface area (Å²) in [7, 11) is 0. The third-order valence-electron chi connectivity index (χ3n) is 1.33. The van der Waals surface area contributed by atoms with Gasteiger partial charge in [-0.2, -0.15) is 0 Å². The van der Waals surface area contributed by atoms with Gasteiger partial charge in [-0.15, -0.1) is 0 Å². The van der Waals surface area contributed by atoms with Crippen molar-refractivity contribution in [1.82, 2.24) is 0 Å². The number of anilines is 1. The maximum Gasteiger partial charge on any atom is 0.319 e. The molecule has 0 unspecified atom stereocenters. The van der Waals surface area contributed by atoms with E-state index in [0.29, 0.717) is 12.4 Å². The first-order valence-electron chi connectivity index (χ1n) is 3.57. The fourth-order valence-corrected chi connectivity index (χ4v) is 0.848. The highest BCUT2D eigenvalue weighted by atomic mass is 16.3. The Morgan fingerprint density at radius 2 is 2.55 bits per heavy atom. The summed E-state index contributed by atoms with van der Waals surface area (Å²) < 4.78 is 5.00. The molecule has 3 nitrogen and oxygen atoms in total. The van der Waals surface area contributed by atoms with Crippen molar-refractivity contribution in [2.45, 2.75) is 13.3 Å². The first-order valence-corrected chi connectivity index (χ1v) is 3.57. The molecule has 0 aliphatic carbocycles. The lowest BCUT2D eigenvalue weighted by Gasteiger charge is -2.09. The lowest BCUT2D eigenvalue weighted by molar-refractivity contribution is 0.529. The number of rotatable bonds is 4. The molecule has 1 rings (SSSR count).